The lowest BCUT2D eigenvalue weighted by atomic mass is 10.0. The van der Waals surface area contributed by atoms with Gasteiger partial charge < -0.3 is 0 Å². The molecule has 3 heteroatoms. The topological polar surface area (TPSA) is 17.1 Å². The maximum atomic E-state index is 10.8. The Morgan fingerprint density at radius 3 is 3.15 bits per heavy atom. The van der Waals surface area contributed by atoms with Gasteiger partial charge in [0.1, 0.15) is 0 Å². The van der Waals surface area contributed by atoms with Crippen molar-refractivity contribution in [2.75, 3.05) is 6.26 Å². The molecule has 0 radical (unpaired) electrons. The van der Waals surface area contributed by atoms with Crippen LogP contribution in [0.3, 0.4) is 0 Å². The van der Waals surface area contributed by atoms with E-state index in [4.69, 9.17) is 0 Å². The molecule has 1 aromatic rings. The Bertz CT molecular complexity index is 363. The third-order valence-electron chi connectivity index (χ3n) is 2.18. The molecule has 0 saturated heterocycles. The van der Waals surface area contributed by atoms with Crippen molar-refractivity contribution in [1.29, 1.82) is 0 Å². The summed E-state index contributed by atoms with van der Waals surface area (Å²) in [6.45, 7) is 0. The van der Waals surface area contributed by atoms with E-state index in [1.165, 1.54) is 15.3 Å². The van der Waals surface area contributed by atoms with E-state index in [1.54, 1.807) is 23.1 Å². The minimum atomic E-state index is 0.920. The van der Waals surface area contributed by atoms with Gasteiger partial charge in [-0.3, -0.25) is 4.79 Å². The van der Waals surface area contributed by atoms with Crippen LogP contribution in [-0.2, 0) is 6.42 Å². The van der Waals surface area contributed by atoms with Gasteiger partial charge in [-0.2, -0.15) is 0 Å². The first kappa shape index (κ1) is 9.03. The largest absolute Gasteiger partial charge is 0.297 e. The Kier molecular flexibility index (Phi) is 2.56. The fourth-order valence-electron chi connectivity index (χ4n) is 1.57. The summed E-state index contributed by atoms with van der Waals surface area (Å²) in [4.78, 5) is 11.7. The van der Waals surface area contributed by atoms with Gasteiger partial charge in [-0.25, -0.2) is 0 Å². The molecule has 0 bridgehead atoms. The molecule has 1 heterocycles. The zero-order chi connectivity index (χ0) is 9.26. The van der Waals surface area contributed by atoms with E-state index >= 15 is 0 Å². The minimum Gasteiger partial charge on any atom is -0.297 e. The first-order chi connectivity index (χ1) is 6.36. The van der Waals surface area contributed by atoms with E-state index < -0.39 is 0 Å². The smallest absolute Gasteiger partial charge is 0.160 e. The monoisotopic (exact) mass is 210 g/mol. The average Bonchev–Trinajstić information content (AvgIpc) is 2.56. The number of thioether (sulfide) groups is 1. The standard InChI is InChI=1S/C10H10OS2/c1-12-10-8-5-3-2-4-7(8)9(6-11)13-10/h3,5-6H,2,4H2,1H3. The predicted molar refractivity (Wildman–Crippen MR) is 58.8 cm³/mol. The van der Waals surface area contributed by atoms with Crippen LogP contribution in [0.4, 0.5) is 0 Å². The van der Waals surface area contributed by atoms with E-state index in [0.717, 1.165) is 24.0 Å². The van der Waals surface area contributed by atoms with Gasteiger partial charge in [0, 0.05) is 5.56 Å². The molecule has 1 aliphatic carbocycles. The minimum absolute atomic E-state index is 0.920. The van der Waals surface area contributed by atoms with Gasteiger partial charge in [0.25, 0.3) is 0 Å². The third-order valence-corrected chi connectivity index (χ3v) is 4.49. The van der Waals surface area contributed by atoms with Gasteiger partial charge in [-0.05, 0) is 24.7 Å². The van der Waals surface area contributed by atoms with Crippen LogP contribution in [0.15, 0.2) is 10.3 Å². The number of aldehydes is 1. The molecule has 1 aromatic heterocycles. The Labute approximate surface area is 85.9 Å². The van der Waals surface area contributed by atoms with Crippen LogP contribution < -0.4 is 0 Å². The number of hydrogen-bond acceptors (Lipinski definition) is 3. The maximum absolute atomic E-state index is 10.8. The van der Waals surface area contributed by atoms with Gasteiger partial charge in [0.05, 0.1) is 9.09 Å². The van der Waals surface area contributed by atoms with Crippen LogP contribution in [-0.4, -0.2) is 12.5 Å². The first-order valence-corrected chi connectivity index (χ1v) is 6.22. The normalized spacial score (nSPS) is 14.2. The summed E-state index contributed by atoms with van der Waals surface area (Å²) < 4.78 is 1.27. The van der Waals surface area contributed by atoms with Crippen molar-refractivity contribution in [3.8, 4) is 0 Å². The van der Waals surface area contributed by atoms with Gasteiger partial charge >= 0.3 is 0 Å². The number of carbonyl (C=O) groups is 1. The second kappa shape index (κ2) is 3.68. The Morgan fingerprint density at radius 1 is 1.62 bits per heavy atom. The summed E-state index contributed by atoms with van der Waals surface area (Å²) in [5.74, 6) is 0. The second-order valence-corrected chi connectivity index (χ2v) is 5.04. The number of fused-ring (bicyclic) bond motifs is 1. The fourth-order valence-corrected chi connectivity index (χ4v) is 3.47. The lowest BCUT2D eigenvalue weighted by molar-refractivity contribution is 0.112. The van der Waals surface area contributed by atoms with Crippen molar-refractivity contribution >= 4 is 35.5 Å². The fraction of sp³-hybridized carbons (Fsp3) is 0.300. The Hall–Kier alpha value is -0.540. The molecule has 0 spiro atoms. The molecule has 0 N–H and O–H groups in total. The van der Waals surface area contributed by atoms with Gasteiger partial charge in [-0.1, -0.05) is 12.2 Å². The Balaban J connectivity index is 2.58. The van der Waals surface area contributed by atoms with Crippen molar-refractivity contribution < 1.29 is 4.79 Å². The molecule has 0 saturated carbocycles. The van der Waals surface area contributed by atoms with Crippen LogP contribution in [0.25, 0.3) is 6.08 Å². The summed E-state index contributed by atoms with van der Waals surface area (Å²) in [6, 6.07) is 0. The molecule has 1 nitrogen and oxygen atoms in total. The highest BCUT2D eigenvalue weighted by atomic mass is 32.2. The highest BCUT2D eigenvalue weighted by Crippen LogP contribution is 2.37. The lowest BCUT2D eigenvalue weighted by Crippen LogP contribution is -1.93. The molecule has 0 aliphatic heterocycles. The van der Waals surface area contributed by atoms with Crippen LogP contribution in [0.2, 0.25) is 0 Å². The van der Waals surface area contributed by atoms with Crippen molar-refractivity contribution in [3.63, 3.8) is 0 Å². The molecule has 1 aliphatic rings. The summed E-state index contributed by atoms with van der Waals surface area (Å²) in [7, 11) is 0. The summed E-state index contributed by atoms with van der Waals surface area (Å²) in [5.41, 5.74) is 2.54. The predicted octanol–water partition coefficient (Wildman–Crippen LogP) is 3.24. The molecule has 0 fully saturated rings. The van der Waals surface area contributed by atoms with Crippen LogP contribution >= 0.6 is 23.1 Å². The lowest BCUT2D eigenvalue weighted by Gasteiger charge is -2.05. The quantitative estimate of drug-likeness (QED) is 0.550. The number of thiophene rings is 1. The van der Waals surface area contributed by atoms with Gasteiger partial charge in [-0.15, -0.1) is 23.1 Å². The average molecular weight is 210 g/mol. The molecule has 13 heavy (non-hydrogen) atoms. The van der Waals surface area contributed by atoms with Gasteiger partial charge in [0.15, 0.2) is 6.29 Å². The molecular weight excluding hydrogens is 200 g/mol. The van der Waals surface area contributed by atoms with E-state index in [1.807, 2.05) is 0 Å². The maximum Gasteiger partial charge on any atom is 0.160 e. The van der Waals surface area contributed by atoms with Crippen molar-refractivity contribution in [2.45, 2.75) is 17.1 Å². The van der Waals surface area contributed by atoms with E-state index in [-0.39, 0.29) is 0 Å². The SMILES string of the molecule is CSc1sc(C=O)c2c1C=CCC2. The molecule has 0 aromatic carbocycles. The Morgan fingerprint density at radius 2 is 2.46 bits per heavy atom. The molecular formula is C10H10OS2. The van der Waals surface area contributed by atoms with Gasteiger partial charge in [0.2, 0.25) is 0 Å². The highest BCUT2D eigenvalue weighted by Gasteiger charge is 2.16. The number of rotatable bonds is 2. The summed E-state index contributed by atoms with van der Waals surface area (Å²) in [6.07, 6.45) is 9.47. The molecule has 0 amide bonds. The number of hydrogen-bond donors (Lipinski definition) is 0. The summed E-state index contributed by atoms with van der Waals surface area (Å²) >= 11 is 3.35. The van der Waals surface area contributed by atoms with Crippen molar-refractivity contribution in [1.82, 2.24) is 0 Å². The number of carbonyl (C=O) groups excluding carboxylic acids is 1. The summed E-state index contributed by atoms with van der Waals surface area (Å²) in [5, 5.41) is 0. The third kappa shape index (κ3) is 1.46. The van der Waals surface area contributed by atoms with Crippen molar-refractivity contribution in [3.05, 3.63) is 22.1 Å². The van der Waals surface area contributed by atoms with E-state index in [2.05, 4.69) is 18.4 Å². The molecule has 0 unspecified atom stereocenters. The zero-order valence-electron chi connectivity index (χ0n) is 7.37. The molecule has 68 valence electrons. The second-order valence-electron chi connectivity index (χ2n) is 2.91. The first-order valence-electron chi connectivity index (χ1n) is 4.18. The molecule has 2 rings (SSSR count). The van der Waals surface area contributed by atoms with Crippen LogP contribution in [0, 0.1) is 0 Å². The van der Waals surface area contributed by atoms with E-state index in [9.17, 15) is 4.79 Å². The highest BCUT2D eigenvalue weighted by molar-refractivity contribution is 8.00. The van der Waals surface area contributed by atoms with Crippen molar-refractivity contribution in [2.24, 2.45) is 0 Å². The van der Waals surface area contributed by atoms with E-state index in [0.29, 0.717) is 0 Å². The van der Waals surface area contributed by atoms with Crippen LogP contribution in [0.1, 0.15) is 27.2 Å². The number of allylic oxidation sites excluding steroid dienone is 1. The zero-order valence-corrected chi connectivity index (χ0v) is 9.00. The molecule has 0 atom stereocenters. The van der Waals surface area contributed by atoms with Crippen LogP contribution in [0.5, 0.6) is 0 Å².